The van der Waals surface area contributed by atoms with Crippen LogP contribution in [0.2, 0.25) is 0 Å². The minimum absolute atomic E-state index is 0.585. The van der Waals surface area contributed by atoms with Gasteiger partial charge < -0.3 is 8.98 Å². The molecule has 0 amide bonds. The van der Waals surface area contributed by atoms with E-state index in [0.29, 0.717) is 17.5 Å². The number of benzene rings is 9. The highest BCUT2D eigenvalue weighted by Gasteiger charge is 2.22. The first-order valence-corrected chi connectivity index (χ1v) is 18.9. The molecule has 0 unspecified atom stereocenters. The fourth-order valence-corrected chi connectivity index (χ4v) is 8.78. The van der Waals surface area contributed by atoms with E-state index < -0.39 is 0 Å². The van der Waals surface area contributed by atoms with Crippen molar-refractivity contribution in [2.45, 2.75) is 0 Å². The van der Waals surface area contributed by atoms with Gasteiger partial charge in [0.15, 0.2) is 17.5 Å². The van der Waals surface area contributed by atoms with Crippen LogP contribution >= 0.6 is 0 Å². The van der Waals surface area contributed by atoms with Gasteiger partial charge in [-0.3, -0.25) is 0 Å². The molecular formula is C51H30N4O. The zero-order valence-electron chi connectivity index (χ0n) is 30.0. The van der Waals surface area contributed by atoms with Crippen molar-refractivity contribution in [3.8, 4) is 39.9 Å². The van der Waals surface area contributed by atoms with Crippen LogP contribution in [0.25, 0.3) is 116 Å². The van der Waals surface area contributed by atoms with Gasteiger partial charge in [-0.25, -0.2) is 15.0 Å². The van der Waals surface area contributed by atoms with Gasteiger partial charge in [0.05, 0.1) is 16.7 Å². The number of hydrogen-bond acceptors (Lipinski definition) is 4. The summed E-state index contributed by atoms with van der Waals surface area (Å²) in [6, 6.07) is 63.8. The lowest BCUT2D eigenvalue weighted by atomic mass is 9.93. The lowest BCUT2D eigenvalue weighted by Crippen LogP contribution is -2.04. The molecule has 0 spiro atoms. The minimum atomic E-state index is 0.585. The average molecular weight is 715 g/mol. The Bertz CT molecular complexity index is 3510. The largest absolute Gasteiger partial charge is 0.456 e. The molecule has 0 aliphatic heterocycles. The number of rotatable bonds is 4. The molecule has 3 aromatic heterocycles. The summed E-state index contributed by atoms with van der Waals surface area (Å²) in [6.45, 7) is 0. The second-order valence-electron chi connectivity index (χ2n) is 14.3. The molecule has 12 aromatic rings. The molecule has 0 aliphatic carbocycles. The maximum atomic E-state index is 6.37. The van der Waals surface area contributed by atoms with Crippen LogP contribution in [0.4, 0.5) is 0 Å². The Hall–Kier alpha value is -7.63. The molecule has 0 saturated heterocycles. The Balaban J connectivity index is 1.20. The van der Waals surface area contributed by atoms with Crippen LogP contribution in [-0.4, -0.2) is 19.5 Å². The van der Waals surface area contributed by atoms with Gasteiger partial charge in [0.2, 0.25) is 0 Å². The Kier molecular flexibility index (Phi) is 6.56. The van der Waals surface area contributed by atoms with Gasteiger partial charge in [-0.05, 0) is 74.8 Å². The van der Waals surface area contributed by atoms with Gasteiger partial charge in [0.1, 0.15) is 11.2 Å². The summed E-state index contributed by atoms with van der Waals surface area (Å²) in [4.78, 5) is 16.2. The maximum absolute atomic E-state index is 6.37. The fourth-order valence-electron chi connectivity index (χ4n) is 8.78. The molecule has 12 rings (SSSR count). The Morgan fingerprint density at radius 1 is 0.339 bits per heavy atom. The molecule has 3 heterocycles. The average Bonchev–Trinajstić information content (AvgIpc) is 3.82. The molecule has 0 N–H and O–H groups in total. The molecule has 5 heteroatoms. The van der Waals surface area contributed by atoms with Crippen LogP contribution in [0, 0.1) is 0 Å². The number of nitrogens with zero attached hydrogens (tertiary/aromatic N) is 4. The van der Waals surface area contributed by atoms with Crippen molar-refractivity contribution in [3.05, 3.63) is 182 Å². The van der Waals surface area contributed by atoms with Gasteiger partial charge >= 0.3 is 0 Å². The first-order valence-electron chi connectivity index (χ1n) is 18.9. The third kappa shape index (κ3) is 4.52. The number of para-hydroxylation sites is 4. The number of aromatic nitrogens is 4. The van der Waals surface area contributed by atoms with Crippen molar-refractivity contribution in [1.82, 2.24) is 19.5 Å². The van der Waals surface area contributed by atoms with Crippen molar-refractivity contribution in [2.24, 2.45) is 0 Å². The highest BCUT2D eigenvalue weighted by Crippen LogP contribution is 2.41. The number of hydrogen-bond donors (Lipinski definition) is 0. The topological polar surface area (TPSA) is 56.7 Å². The fraction of sp³-hybridized carbons (Fsp3) is 0. The lowest BCUT2D eigenvalue weighted by molar-refractivity contribution is 0.669. The number of furan rings is 1. The summed E-state index contributed by atoms with van der Waals surface area (Å²) < 4.78 is 8.70. The second kappa shape index (κ2) is 11.9. The standard InChI is InChI=1S/C51H30N4O/c1-2-15-32-31(14-1)28-29-35-33-16-3-4-17-34(33)42(30-41(32)35)51-53-49(52-50(54-51)40-22-13-27-47-48(40)39-21-8-12-26-46(39)56-47)38-20-7-11-25-45(38)55-43-23-9-5-18-36(43)37-19-6-10-24-44(37)55/h1-30H. The zero-order chi connectivity index (χ0) is 36.7. The summed E-state index contributed by atoms with van der Waals surface area (Å²) in [5.74, 6) is 1.79. The van der Waals surface area contributed by atoms with Crippen LogP contribution in [0.1, 0.15) is 0 Å². The summed E-state index contributed by atoms with van der Waals surface area (Å²) in [7, 11) is 0. The van der Waals surface area contributed by atoms with Crippen molar-refractivity contribution in [3.63, 3.8) is 0 Å². The van der Waals surface area contributed by atoms with Crippen molar-refractivity contribution in [1.29, 1.82) is 0 Å². The monoisotopic (exact) mass is 714 g/mol. The van der Waals surface area contributed by atoms with E-state index in [4.69, 9.17) is 19.4 Å². The first-order chi connectivity index (χ1) is 27.8. The molecule has 0 atom stereocenters. The van der Waals surface area contributed by atoms with Crippen LogP contribution in [0.15, 0.2) is 186 Å². The molecule has 260 valence electrons. The third-order valence-corrected chi connectivity index (χ3v) is 11.3. The van der Waals surface area contributed by atoms with Gasteiger partial charge in [0.25, 0.3) is 0 Å². The second-order valence-corrected chi connectivity index (χ2v) is 14.3. The summed E-state index contributed by atoms with van der Waals surface area (Å²) >= 11 is 0. The van der Waals surface area contributed by atoms with Crippen LogP contribution in [0.5, 0.6) is 0 Å². The van der Waals surface area contributed by atoms with E-state index in [0.717, 1.165) is 71.5 Å². The predicted octanol–water partition coefficient (Wildman–Crippen LogP) is 13.3. The van der Waals surface area contributed by atoms with Crippen molar-refractivity contribution in [2.75, 3.05) is 0 Å². The normalized spacial score (nSPS) is 11.9. The first kappa shape index (κ1) is 30.8. The molecule has 0 aliphatic rings. The van der Waals surface area contributed by atoms with E-state index in [1.165, 1.54) is 26.9 Å². The van der Waals surface area contributed by atoms with Gasteiger partial charge in [0, 0.05) is 38.2 Å². The molecular weight excluding hydrogens is 685 g/mol. The lowest BCUT2D eigenvalue weighted by Gasteiger charge is -2.16. The Labute approximate surface area is 320 Å². The molecule has 5 nitrogen and oxygen atoms in total. The third-order valence-electron chi connectivity index (χ3n) is 11.3. The highest BCUT2D eigenvalue weighted by atomic mass is 16.3. The molecule has 0 fully saturated rings. The summed E-state index contributed by atoms with van der Waals surface area (Å²) in [5.41, 5.74) is 7.61. The van der Waals surface area contributed by atoms with Crippen molar-refractivity contribution < 1.29 is 4.42 Å². The van der Waals surface area contributed by atoms with E-state index in [1.54, 1.807) is 0 Å². The van der Waals surface area contributed by atoms with Crippen LogP contribution < -0.4 is 0 Å². The van der Waals surface area contributed by atoms with Gasteiger partial charge in [-0.1, -0.05) is 140 Å². The molecule has 0 bridgehead atoms. The maximum Gasteiger partial charge on any atom is 0.166 e. The van der Waals surface area contributed by atoms with E-state index in [9.17, 15) is 0 Å². The van der Waals surface area contributed by atoms with E-state index in [1.807, 2.05) is 30.3 Å². The summed E-state index contributed by atoms with van der Waals surface area (Å²) in [5, 5.41) is 11.4. The van der Waals surface area contributed by atoms with Gasteiger partial charge in [-0.2, -0.15) is 0 Å². The smallest absolute Gasteiger partial charge is 0.166 e. The SMILES string of the molecule is c1ccc(-n2c3ccccc3c3ccccc32)c(-c2nc(-c3cc4c5ccccc5ccc4c4ccccc34)nc(-c3cccc4oc5ccccc5c34)n2)c1. The van der Waals surface area contributed by atoms with Crippen LogP contribution in [0.3, 0.4) is 0 Å². The molecule has 56 heavy (non-hydrogen) atoms. The van der Waals surface area contributed by atoms with Crippen LogP contribution in [-0.2, 0) is 0 Å². The van der Waals surface area contributed by atoms with E-state index >= 15 is 0 Å². The zero-order valence-corrected chi connectivity index (χ0v) is 30.0. The Morgan fingerprint density at radius 2 is 0.875 bits per heavy atom. The van der Waals surface area contributed by atoms with E-state index in [2.05, 4.69) is 156 Å². The van der Waals surface area contributed by atoms with Gasteiger partial charge in [-0.15, -0.1) is 0 Å². The quantitative estimate of drug-likeness (QED) is 0.170. The molecule has 0 saturated carbocycles. The Morgan fingerprint density at radius 3 is 1.66 bits per heavy atom. The minimum Gasteiger partial charge on any atom is -0.456 e. The molecule has 0 radical (unpaired) electrons. The van der Waals surface area contributed by atoms with Crippen molar-refractivity contribution >= 4 is 76.1 Å². The molecule has 9 aromatic carbocycles. The predicted molar refractivity (Wildman–Crippen MR) is 230 cm³/mol. The summed E-state index contributed by atoms with van der Waals surface area (Å²) in [6.07, 6.45) is 0. The highest BCUT2D eigenvalue weighted by molar-refractivity contribution is 6.21. The van der Waals surface area contributed by atoms with E-state index in [-0.39, 0.29) is 0 Å². The number of fused-ring (bicyclic) bond motifs is 11.